The van der Waals surface area contributed by atoms with Gasteiger partial charge in [-0.3, -0.25) is 0 Å². The van der Waals surface area contributed by atoms with Crippen LogP contribution in [-0.4, -0.2) is 17.7 Å². The maximum Gasteiger partial charge on any atom is 0.0421 e. The lowest BCUT2D eigenvalue weighted by Crippen LogP contribution is -2.13. The van der Waals surface area contributed by atoms with Crippen molar-refractivity contribution < 1.29 is 0 Å². The van der Waals surface area contributed by atoms with Gasteiger partial charge < -0.3 is 5.32 Å². The Balaban J connectivity index is 1.79. The second-order valence-electron chi connectivity index (χ2n) is 3.41. The van der Waals surface area contributed by atoms with Crippen molar-refractivity contribution in [1.82, 2.24) is 5.32 Å². The first-order valence-corrected chi connectivity index (χ1v) is 5.86. The Morgan fingerprint density at radius 2 is 2.15 bits per heavy atom. The molecule has 0 aromatic heterocycles. The van der Waals surface area contributed by atoms with Crippen molar-refractivity contribution in [3.05, 3.63) is 35.9 Å². The topological polar surface area (TPSA) is 12.0 Å². The van der Waals surface area contributed by atoms with Crippen molar-refractivity contribution in [2.75, 3.05) is 12.4 Å². The summed E-state index contributed by atoms with van der Waals surface area (Å²) < 4.78 is 0. The maximum absolute atomic E-state index is 3.37. The molecule has 0 bridgehead atoms. The normalized spacial score (nSPS) is 22.0. The van der Waals surface area contributed by atoms with Crippen LogP contribution in [0.3, 0.4) is 0 Å². The van der Waals surface area contributed by atoms with E-state index in [9.17, 15) is 0 Å². The number of hydrogen-bond donors (Lipinski definition) is 1. The molecule has 0 amide bonds. The van der Waals surface area contributed by atoms with Gasteiger partial charge in [-0.25, -0.2) is 0 Å². The molecule has 0 aliphatic carbocycles. The van der Waals surface area contributed by atoms with Crippen molar-refractivity contribution in [2.24, 2.45) is 0 Å². The summed E-state index contributed by atoms with van der Waals surface area (Å²) in [4.78, 5) is 0. The largest absolute Gasteiger partial charge is 0.307 e. The van der Waals surface area contributed by atoms with Gasteiger partial charge in [0, 0.05) is 17.7 Å². The minimum absolute atomic E-state index is 0.834. The molecule has 13 heavy (non-hydrogen) atoms. The molecule has 2 heteroatoms. The van der Waals surface area contributed by atoms with Crippen LogP contribution in [0.5, 0.6) is 0 Å². The van der Waals surface area contributed by atoms with E-state index in [1.165, 1.54) is 24.9 Å². The molecule has 1 aliphatic heterocycles. The van der Waals surface area contributed by atoms with Gasteiger partial charge in [0.2, 0.25) is 0 Å². The van der Waals surface area contributed by atoms with E-state index in [4.69, 9.17) is 0 Å². The molecule has 1 heterocycles. The molecule has 0 spiro atoms. The van der Waals surface area contributed by atoms with Gasteiger partial charge in [0.15, 0.2) is 0 Å². The summed E-state index contributed by atoms with van der Waals surface area (Å²) in [7, 11) is 0. The second kappa shape index (κ2) is 4.68. The maximum atomic E-state index is 3.37. The van der Waals surface area contributed by atoms with Gasteiger partial charge in [-0.05, 0) is 18.4 Å². The number of thioether (sulfide) groups is 1. The summed E-state index contributed by atoms with van der Waals surface area (Å²) in [5.74, 6) is 1.14. The zero-order chi connectivity index (χ0) is 8.93. The van der Waals surface area contributed by atoms with Gasteiger partial charge in [0.1, 0.15) is 0 Å². The molecule has 1 saturated heterocycles. The van der Waals surface area contributed by atoms with Crippen molar-refractivity contribution in [2.45, 2.75) is 18.1 Å². The van der Waals surface area contributed by atoms with E-state index in [-0.39, 0.29) is 0 Å². The van der Waals surface area contributed by atoms with Crippen LogP contribution in [0.25, 0.3) is 0 Å². The molecular weight excluding hydrogens is 178 g/mol. The Morgan fingerprint density at radius 1 is 1.31 bits per heavy atom. The molecule has 1 aliphatic rings. The summed E-state index contributed by atoms with van der Waals surface area (Å²) >= 11 is 2.05. The highest BCUT2D eigenvalue weighted by atomic mass is 32.2. The van der Waals surface area contributed by atoms with Crippen LogP contribution in [0.2, 0.25) is 0 Å². The fourth-order valence-corrected chi connectivity index (χ4v) is 2.60. The van der Waals surface area contributed by atoms with E-state index >= 15 is 0 Å². The Kier molecular flexibility index (Phi) is 3.27. The van der Waals surface area contributed by atoms with Gasteiger partial charge in [0.05, 0.1) is 0 Å². The highest BCUT2D eigenvalue weighted by Gasteiger charge is 2.13. The molecule has 1 unspecified atom stereocenters. The highest BCUT2D eigenvalue weighted by molar-refractivity contribution is 8.00. The molecular formula is C11H15NS. The van der Waals surface area contributed by atoms with Gasteiger partial charge in [-0.1, -0.05) is 30.3 Å². The van der Waals surface area contributed by atoms with Crippen LogP contribution in [0.15, 0.2) is 30.3 Å². The highest BCUT2D eigenvalue weighted by Crippen LogP contribution is 2.19. The van der Waals surface area contributed by atoms with Gasteiger partial charge in [-0.2, -0.15) is 0 Å². The van der Waals surface area contributed by atoms with Gasteiger partial charge in [-0.15, -0.1) is 11.8 Å². The first-order valence-electron chi connectivity index (χ1n) is 4.81. The molecule has 1 nitrogen and oxygen atoms in total. The number of hydrogen-bond acceptors (Lipinski definition) is 2. The van der Waals surface area contributed by atoms with Crippen molar-refractivity contribution >= 4 is 11.8 Å². The minimum Gasteiger partial charge on any atom is -0.307 e. The number of rotatable bonds is 3. The number of nitrogens with one attached hydrogen (secondary N) is 1. The Morgan fingerprint density at radius 3 is 2.85 bits per heavy atom. The van der Waals surface area contributed by atoms with Gasteiger partial charge in [0.25, 0.3) is 0 Å². The van der Waals surface area contributed by atoms with Crippen molar-refractivity contribution in [1.29, 1.82) is 0 Å². The summed E-state index contributed by atoms with van der Waals surface area (Å²) in [5.41, 5.74) is 1.47. The summed E-state index contributed by atoms with van der Waals surface area (Å²) in [6.45, 7) is 1.19. The standard InChI is InChI=1S/C11H15NS/c1-2-4-10(5-3-1)6-7-11-8-12-9-13-11/h1-5,11-12H,6-9H2. The van der Waals surface area contributed by atoms with E-state index in [0.29, 0.717) is 0 Å². The van der Waals surface area contributed by atoms with Crippen molar-refractivity contribution in [3.63, 3.8) is 0 Å². The zero-order valence-corrected chi connectivity index (χ0v) is 8.52. The molecule has 0 radical (unpaired) electrons. The molecule has 1 fully saturated rings. The summed E-state index contributed by atoms with van der Waals surface area (Å²) in [6.07, 6.45) is 2.53. The molecule has 1 N–H and O–H groups in total. The van der Waals surface area contributed by atoms with Crippen LogP contribution >= 0.6 is 11.8 Å². The predicted octanol–water partition coefficient (Wildman–Crippen LogP) is 2.28. The lowest BCUT2D eigenvalue weighted by atomic mass is 10.1. The second-order valence-corrected chi connectivity index (χ2v) is 4.70. The minimum atomic E-state index is 0.834. The Bertz CT molecular complexity index is 242. The summed E-state index contributed by atoms with van der Waals surface area (Å²) in [6, 6.07) is 10.8. The van der Waals surface area contributed by atoms with E-state index < -0.39 is 0 Å². The zero-order valence-electron chi connectivity index (χ0n) is 7.70. The SMILES string of the molecule is c1ccc(CCC2CNCS2)cc1. The van der Waals surface area contributed by atoms with E-state index in [1.54, 1.807) is 0 Å². The molecule has 70 valence electrons. The third-order valence-electron chi connectivity index (χ3n) is 2.39. The van der Waals surface area contributed by atoms with E-state index in [1.807, 2.05) is 0 Å². The van der Waals surface area contributed by atoms with Crippen LogP contribution in [-0.2, 0) is 6.42 Å². The Hall–Kier alpha value is -0.470. The lowest BCUT2D eigenvalue weighted by Gasteiger charge is -2.06. The fraction of sp³-hybridized carbons (Fsp3) is 0.455. The monoisotopic (exact) mass is 193 g/mol. The third kappa shape index (κ3) is 2.75. The van der Waals surface area contributed by atoms with Crippen LogP contribution in [0.4, 0.5) is 0 Å². The van der Waals surface area contributed by atoms with Crippen molar-refractivity contribution in [3.8, 4) is 0 Å². The average Bonchev–Trinajstić information content (AvgIpc) is 2.69. The number of benzene rings is 1. The van der Waals surface area contributed by atoms with Crippen LogP contribution in [0.1, 0.15) is 12.0 Å². The fourth-order valence-electron chi connectivity index (χ4n) is 1.61. The van der Waals surface area contributed by atoms with E-state index in [2.05, 4.69) is 47.4 Å². The first kappa shape index (κ1) is 9.10. The van der Waals surface area contributed by atoms with E-state index in [0.717, 1.165) is 11.1 Å². The van der Waals surface area contributed by atoms with Crippen LogP contribution < -0.4 is 5.32 Å². The smallest absolute Gasteiger partial charge is 0.0421 e. The average molecular weight is 193 g/mol. The molecule has 1 aromatic rings. The Labute approximate surface area is 83.9 Å². The summed E-state index contributed by atoms with van der Waals surface area (Å²) in [5, 5.41) is 4.21. The third-order valence-corrected chi connectivity index (χ3v) is 3.64. The predicted molar refractivity (Wildman–Crippen MR) is 59.0 cm³/mol. The molecule has 1 atom stereocenters. The lowest BCUT2D eigenvalue weighted by molar-refractivity contribution is 0.718. The molecule has 1 aromatic carbocycles. The first-order chi connectivity index (χ1) is 6.45. The quantitative estimate of drug-likeness (QED) is 0.790. The molecule has 2 rings (SSSR count). The van der Waals surface area contributed by atoms with Gasteiger partial charge >= 0.3 is 0 Å². The van der Waals surface area contributed by atoms with Crippen LogP contribution in [0, 0.1) is 0 Å². The number of aryl methyl sites for hydroxylation is 1. The molecule has 0 saturated carbocycles.